The van der Waals surface area contributed by atoms with Crippen LogP contribution >= 0.6 is 23.1 Å². The second-order valence-electron chi connectivity index (χ2n) is 8.42. The minimum Gasteiger partial charge on any atom is -0.296 e. The Kier molecular flexibility index (Phi) is 5.41. The summed E-state index contributed by atoms with van der Waals surface area (Å²) in [5.41, 5.74) is 2.52. The van der Waals surface area contributed by atoms with Crippen molar-refractivity contribution < 1.29 is 0 Å². The van der Waals surface area contributed by atoms with Crippen molar-refractivity contribution in [1.29, 1.82) is 0 Å². The van der Waals surface area contributed by atoms with Gasteiger partial charge in [-0.15, -0.1) is 21.5 Å². The number of thioether (sulfide) groups is 1. The first-order valence-corrected chi connectivity index (χ1v) is 12.5. The van der Waals surface area contributed by atoms with E-state index in [9.17, 15) is 4.79 Å². The molecule has 1 aromatic carbocycles. The minimum atomic E-state index is 0.0563. The van der Waals surface area contributed by atoms with Gasteiger partial charge in [-0.05, 0) is 49.1 Å². The van der Waals surface area contributed by atoms with Crippen molar-refractivity contribution in [1.82, 2.24) is 19.2 Å². The molecule has 0 aliphatic heterocycles. The van der Waals surface area contributed by atoms with E-state index in [1.54, 1.807) is 27.5 Å². The monoisotopic (exact) mass is 438 g/mol. The average molecular weight is 439 g/mol. The van der Waals surface area contributed by atoms with Gasteiger partial charge in [-0.3, -0.25) is 9.36 Å². The standard InChI is InChI=1S/C23H26N4OS2/c1-15(2)12-13-29-23-25-24-22-26(14-16-8-4-3-5-9-16)21-19(20(28)27(22)23)17-10-6-7-11-18(17)30-21/h3-5,8-9,15H,6-7,10-14H2,1-2H3. The number of benzene rings is 1. The molecule has 4 aromatic rings. The number of hydrogen-bond acceptors (Lipinski definition) is 5. The molecule has 0 saturated heterocycles. The van der Waals surface area contributed by atoms with Crippen LogP contribution in [0.1, 0.15) is 49.1 Å². The van der Waals surface area contributed by atoms with Gasteiger partial charge >= 0.3 is 0 Å². The molecule has 0 amide bonds. The van der Waals surface area contributed by atoms with Crippen molar-refractivity contribution in [2.24, 2.45) is 5.92 Å². The first kappa shape index (κ1) is 19.8. The third-order valence-corrected chi connectivity index (χ3v) is 8.06. The Labute approximate surface area is 184 Å². The maximum Gasteiger partial charge on any atom is 0.270 e. The second-order valence-corrected chi connectivity index (χ2v) is 10.6. The van der Waals surface area contributed by atoms with E-state index in [0.717, 1.165) is 46.8 Å². The second kappa shape index (κ2) is 8.19. The highest BCUT2D eigenvalue weighted by molar-refractivity contribution is 7.99. The smallest absolute Gasteiger partial charge is 0.270 e. The fourth-order valence-corrected chi connectivity index (χ4v) is 6.71. The molecule has 30 heavy (non-hydrogen) atoms. The van der Waals surface area contributed by atoms with Crippen LogP contribution in [0, 0.1) is 5.92 Å². The van der Waals surface area contributed by atoms with E-state index in [-0.39, 0.29) is 5.56 Å². The summed E-state index contributed by atoms with van der Waals surface area (Å²) in [5.74, 6) is 2.22. The highest BCUT2D eigenvalue weighted by Crippen LogP contribution is 2.36. The van der Waals surface area contributed by atoms with Crippen molar-refractivity contribution in [3.05, 3.63) is 56.7 Å². The molecule has 1 aliphatic rings. The molecule has 0 saturated carbocycles. The van der Waals surface area contributed by atoms with Crippen molar-refractivity contribution in [2.75, 3.05) is 5.75 Å². The summed E-state index contributed by atoms with van der Waals surface area (Å²) in [7, 11) is 0. The lowest BCUT2D eigenvalue weighted by Crippen LogP contribution is -2.20. The maximum absolute atomic E-state index is 13.7. The molecule has 0 unspecified atom stereocenters. The molecule has 7 heteroatoms. The lowest BCUT2D eigenvalue weighted by atomic mass is 9.97. The molecule has 0 bridgehead atoms. The molecule has 1 aliphatic carbocycles. The van der Waals surface area contributed by atoms with Crippen LogP contribution in [0.3, 0.4) is 0 Å². The van der Waals surface area contributed by atoms with Gasteiger partial charge in [-0.2, -0.15) is 0 Å². The number of aromatic nitrogens is 4. The highest BCUT2D eigenvalue weighted by atomic mass is 32.2. The zero-order chi connectivity index (χ0) is 20.7. The maximum atomic E-state index is 13.7. The van der Waals surface area contributed by atoms with Crippen molar-refractivity contribution in [3.8, 4) is 0 Å². The molecule has 0 fully saturated rings. The van der Waals surface area contributed by atoms with Crippen LogP contribution in [-0.2, 0) is 19.4 Å². The van der Waals surface area contributed by atoms with Crippen molar-refractivity contribution in [3.63, 3.8) is 0 Å². The number of fused-ring (bicyclic) bond motifs is 4. The van der Waals surface area contributed by atoms with E-state index in [1.165, 1.54) is 22.4 Å². The number of hydrogen-bond donors (Lipinski definition) is 0. The van der Waals surface area contributed by atoms with Gasteiger partial charge in [0.2, 0.25) is 5.78 Å². The summed E-state index contributed by atoms with van der Waals surface area (Å²) >= 11 is 3.42. The number of nitrogens with zero attached hydrogens (tertiary/aromatic N) is 4. The van der Waals surface area contributed by atoms with E-state index in [2.05, 4.69) is 52.9 Å². The van der Waals surface area contributed by atoms with E-state index >= 15 is 0 Å². The molecular formula is C23H26N4OS2. The molecule has 0 N–H and O–H groups in total. The van der Waals surface area contributed by atoms with Gasteiger partial charge in [-0.25, -0.2) is 4.40 Å². The fourth-order valence-electron chi connectivity index (χ4n) is 4.17. The topological polar surface area (TPSA) is 52.2 Å². The van der Waals surface area contributed by atoms with Crippen LogP contribution in [-0.4, -0.2) is 24.9 Å². The number of thiophene rings is 1. The Morgan fingerprint density at radius 3 is 2.73 bits per heavy atom. The Morgan fingerprint density at radius 1 is 1.13 bits per heavy atom. The van der Waals surface area contributed by atoms with Gasteiger partial charge in [0, 0.05) is 10.6 Å². The van der Waals surface area contributed by atoms with E-state index < -0.39 is 0 Å². The van der Waals surface area contributed by atoms with E-state index in [4.69, 9.17) is 0 Å². The minimum absolute atomic E-state index is 0.0563. The molecule has 5 rings (SSSR count). The fraction of sp³-hybridized carbons (Fsp3) is 0.435. The lowest BCUT2D eigenvalue weighted by Gasteiger charge is -2.12. The first-order valence-electron chi connectivity index (χ1n) is 10.7. The largest absolute Gasteiger partial charge is 0.296 e. The first-order chi connectivity index (χ1) is 14.6. The third kappa shape index (κ3) is 3.48. The Bertz CT molecular complexity index is 1250. The lowest BCUT2D eigenvalue weighted by molar-refractivity contribution is 0.631. The predicted octanol–water partition coefficient (Wildman–Crippen LogP) is 5.17. The summed E-state index contributed by atoms with van der Waals surface area (Å²) in [5, 5.41) is 10.5. The van der Waals surface area contributed by atoms with Crippen LogP contribution < -0.4 is 5.56 Å². The molecule has 3 heterocycles. The van der Waals surface area contributed by atoms with Crippen LogP contribution in [0.5, 0.6) is 0 Å². The molecule has 5 nitrogen and oxygen atoms in total. The van der Waals surface area contributed by atoms with E-state index in [1.807, 2.05) is 6.07 Å². The number of aryl methyl sites for hydroxylation is 2. The quantitative estimate of drug-likeness (QED) is 0.390. The zero-order valence-electron chi connectivity index (χ0n) is 17.4. The van der Waals surface area contributed by atoms with Crippen LogP contribution in [0.15, 0.2) is 40.3 Å². The third-order valence-electron chi connectivity index (χ3n) is 5.78. The summed E-state index contributed by atoms with van der Waals surface area (Å²) in [6.45, 7) is 5.13. The summed E-state index contributed by atoms with van der Waals surface area (Å²) in [4.78, 5) is 16.1. The highest BCUT2D eigenvalue weighted by Gasteiger charge is 2.25. The molecule has 0 spiro atoms. The van der Waals surface area contributed by atoms with Gasteiger partial charge in [-0.1, -0.05) is 55.9 Å². The number of rotatable bonds is 6. The normalized spacial score (nSPS) is 14.1. The van der Waals surface area contributed by atoms with Crippen LogP contribution in [0.4, 0.5) is 0 Å². The summed E-state index contributed by atoms with van der Waals surface area (Å²) < 4.78 is 3.96. The van der Waals surface area contributed by atoms with Gasteiger partial charge in [0.15, 0.2) is 5.16 Å². The van der Waals surface area contributed by atoms with E-state index in [0.29, 0.717) is 18.2 Å². The molecule has 156 valence electrons. The summed E-state index contributed by atoms with van der Waals surface area (Å²) in [6, 6.07) is 10.4. The molecule has 0 radical (unpaired) electrons. The van der Waals surface area contributed by atoms with Crippen molar-refractivity contribution in [2.45, 2.75) is 57.7 Å². The van der Waals surface area contributed by atoms with Gasteiger partial charge in [0.1, 0.15) is 4.83 Å². The Hall–Kier alpha value is -2.12. The van der Waals surface area contributed by atoms with Crippen molar-refractivity contribution >= 4 is 39.1 Å². The average Bonchev–Trinajstić information content (AvgIpc) is 3.34. The van der Waals surface area contributed by atoms with Crippen LogP contribution in [0.25, 0.3) is 16.0 Å². The molecular weight excluding hydrogens is 412 g/mol. The van der Waals surface area contributed by atoms with Gasteiger partial charge in [0.25, 0.3) is 5.56 Å². The molecule has 3 aromatic heterocycles. The predicted molar refractivity (Wildman–Crippen MR) is 125 cm³/mol. The summed E-state index contributed by atoms with van der Waals surface area (Å²) in [6.07, 6.45) is 5.54. The molecule has 0 atom stereocenters. The Morgan fingerprint density at radius 2 is 1.93 bits per heavy atom. The SMILES string of the molecule is CC(C)CCSc1nnc2n(Cc3ccccc3)c3sc4c(c3c(=O)n12)CCCC4. The van der Waals surface area contributed by atoms with Crippen LogP contribution in [0.2, 0.25) is 0 Å². The van der Waals surface area contributed by atoms with Gasteiger partial charge < -0.3 is 0 Å². The Balaban J connectivity index is 1.72. The zero-order valence-corrected chi connectivity index (χ0v) is 19.1. The van der Waals surface area contributed by atoms with Gasteiger partial charge in [0.05, 0.1) is 11.9 Å².